The number of rotatable bonds is 5. The fraction of sp³-hybridized carbons (Fsp3) is 0.100. The summed E-state index contributed by atoms with van der Waals surface area (Å²) in [4.78, 5) is 12.6. The van der Waals surface area contributed by atoms with Crippen LogP contribution >= 0.6 is 0 Å². The number of nitrogens with zero attached hydrogens (tertiary/aromatic N) is 1. The van der Waals surface area contributed by atoms with Crippen molar-refractivity contribution in [1.29, 1.82) is 0 Å². The standard InChI is InChI=1S/C20H17FN2O3/c1-26-18-8-4-15(5-9-18)19(14-2-6-17(21)7-3-14)22-20(24)16-10-12-23(25)13-11-16/h2-13,19H,1H3,(H,22,24)/t19-/m1/s1. The highest BCUT2D eigenvalue weighted by Gasteiger charge is 2.18. The number of hydrogen-bond acceptors (Lipinski definition) is 3. The lowest BCUT2D eigenvalue weighted by atomic mass is 9.98. The summed E-state index contributed by atoms with van der Waals surface area (Å²) in [6.07, 6.45) is 2.52. The Morgan fingerprint density at radius 1 is 1.00 bits per heavy atom. The highest BCUT2D eigenvalue weighted by Crippen LogP contribution is 2.25. The van der Waals surface area contributed by atoms with Gasteiger partial charge < -0.3 is 15.3 Å². The fourth-order valence-corrected chi connectivity index (χ4v) is 2.59. The van der Waals surface area contributed by atoms with E-state index in [4.69, 9.17) is 4.74 Å². The molecule has 0 aliphatic rings. The molecule has 0 radical (unpaired) electrons. The maximum Gasteiger partial charge on any atom is 0.252 e. The van der Waals surface area contributed by atoms with Crippen molar-refractivity contribution >= 4 is 5.91 Å². The molecule has 3 aromatic rings. The van der Waals surface area contributed by atoms with E-state index in [1.807, 2.05) is 12.1 Å². The third kappa shape index (κ3) is 3.97. The second-order valence-electron chi connectivity index (χ2n) is 5.68. The van der Waals surface area contributed by atoms with E-state index in [-0.39, 0.29) is 11.7 Å². The van der Waals surface area contributed by atoms with E-state index in [0.717, 1.165) is 11.1 Å². The number of aromatic nitrogens is 1. The van der Waals surface area contributed by atoms with E-state index >= 15 is 0 Å². The molecule has 5 nitrogen and oxygen atoms in total. The van der Waals surface area contributed by atoms with Crippen molar-refractivity contribution in [3.8, 4) is 5.75 Å². The first kappa shape index (κ1) is 17.4. The van der Waals surface area contributed by atoms with Gasteiger partial charge in [0, 0.05) is 12.1 Å². The van der Waals surface area contributed by atoms with Gasteiger partial charge >= 0.3 is 0 Å². The van der Waals surface area contributed by atoms with Crippen LogP contribution in [0.4, 0.5) is 4.39 Å². The number of halogens is 1. The SMILES string of the molecule is COc1ccc([C@H](NC(=O)c2cc[n+]([O-])cc2)c2ccc(F)cc2)cc1. The predicted octanol–water partition coefficient (Wildman–Crippen LogP) is 2.99. The summed E-state index contributed by atoms with van der Waals surface area (Å²) >= 11 is 0. The minimum Gasteiger partial charge on any atom is -0.619 e. The third-order valence-electron chi connectivity index (χ3n) is 3.99. The Labute approximate surface area is 150 Å². The van der Waals surface area contributed by atoms with Crippen molar-refractivity contribution in [1.82, 2.24) is 5.32 Å². The monoisotopic (exact) mass is 352 g/mol. The van der Waals surface area contributed by atoms with Gasteiger partial charge in [0.25, 0.3) is 5.91 Å². The van der Waals surface area contributed by atoms with Crippen molar-refractivity contribution in [2.24, 2.45) is 0 Å². The maximum atomic E-state index is 13.3. The van der Waals surface area contributed by atoms with Crippen molar-refractivity contribution < 1.29 is 18.7 Å². The largest absolute Gasteiger partial charge is 0.619 e. The average Bonchev–Trinajstić information content (AvgIpc) is 2.67. The molecule has 0 aliphatic heterocycles. The Kier molecular flexibility index (Phi) is 5.12. The van der Waals surface area contributed by atoms with E-state index < -0.39 is 6.04 Å². The number of methoxy groups -OCH3 is 1. The lowest BCUT2D eigenvalue weighted by Crippen LogP contribution is -2.31. The maximum absolute atomic E-state index is 13.3. The molecule has 0 aliphatic carbocycles. The molecular formula is C20H17FN2O3. The molecule has 0 spiro atoms. The van der Waals surface area contributed by atoms with Gasteiger partial charge in [0.2, 0.25) is 0 Å². The number of carbonyl (C=O) groups excluding carboxylic acids is 1. The quantitative estimate of drug-likeness (QED) is 0.567. The zero-order valence-electron chi connectivity index (χ0n) is 14.1. The van der Waals surface area contributed by atoms with Crippen molar-refractivity contribution in [3.05, 3.63) is 101 Å². The summed E-state index contributed by atoms with van der Waals surface area (Å²) < 4.78 is 19.1. The lowest BCUT2D eigenvalue weighted by Gasteiger charge is -2.20. The van der Waals surface area contributed by atoms with E-state index in [0.29, 0.717) is 16.0 Å². The minimum absolute atomic E-state index is 0.337. The summed E-state index contributed by atoms with van der Waals surface area (Å²) in [6, 6.07) is 15.6. The van der Waals surface area contributed by atoms with E-state index in [1.165, 1.54) is 36.7 Å². The molecule has 0 bridgehead atoms. The summed E-state index contributed by atoms with van der Waals surface area (Å²) in [5.41, 5.74) is 1.91. The average molecular weight is 352 g/mol. The number of pyridine rings is 1. The van der Waals surface area contributed by atoms with Crippen LogP contribution < -0.4 is 14.8 Å². The van der Waals surface area contributed by atoms with Crippen LogP contribution in [0.2, 0.25) is 0 Å². The zero-order valence-corrected chi connectivity index (χ0v) is 14.1. The van der Waals surface area contributed by atoms with Crippen molar-refractivity contribution in [2.45, 2.75) is 6.04 Å². The molecule has 26 heavy (non-hydrogen) atoms. The van der Waals surface area contributed by atoms with E-state index in [2.05, 4.69) is 5.32 Å². The Bertz CT molecular complexity index is 878. The molecule has 132 valence electrons. The number of ether oxygens (including phenoxy) is 1. The van der Waals surface area contributed by atoms with Crippen LogP contribution in [0.25, 0.3) is 0 Å². The minimum atomic E-state index is -0.478. The van der Waals surface area contributed by atoms with Gasteiger partial charge in [-0.3, -0.25) is 4.79 Å². The van der Waals surface area contributed by atoms with Crippen LogP contribution in [-0.4, -0.2) is 13.0 Å². The highest BCUT2D eigenvalue weighted by molar-refractivity contribution is 5.94. The Balaban J connectivity index is 1.92. The van der Waals surface area contributed by atoms with Gasteiger partial charge in [-0.05, 0) is 35.4 Å². The first-order valence-corrected chi connectivity index (χ1v) is 7.96. The lowest BCUT2D eigenvalue weighted by molar-refractivity contribution is -0.605. The molecule has 1 atom stereocenters. The Morgan fingerprint density at radius 3 is 2.08 bits per heavy atom. The number of hydrogen-bond donors (Lipinski definition) is 1. The van der Waals surface area contributed by atoms with Crippen LogP contribution in [-0.2, 0) is 0 Å². The first-order chi connectivity index (χ1) is 12.6. The topological polar surface area (TPSA) is 65.3 Å². The molecule has 1 aromatic heterocycles. The Hall–Kier alpha value is -3.41. The van der Waals surface area contributed by atoms with Crippen LogP contribution in [0.15, 0.2) is 73.1 Å². The van der Waals surface area contributed by atoms with E-state index in [9.17, 15) is 14.4 Å². The zero-order chi connectivity index (χ0) is 18.5. The molecule has 6 heteroatoms. The van der Waals surface area contributed by atoms with Crippen LogP contribution in [0, 0.1) is 11.0 Å². The summed E-state index contributed by atoms with van der Waals surface area (Å²) in [7, 11) is 1.58. The normalized spacial score (nSPS) is 11.6. The second kappa shape index (κ2) is 7.65. The summed E-state index contributed by atoms with van der Waals surface area (Å²) in [5.74, 6) is 0.00773. The summed E-state index contributed by atoms with van der Waals surface area (Å²) in [6.45, 7) is 0. The van der Waals surface area contributed by atoms with Gasteiger partial charge in [0.1, 0.15) is 11.6 Å². The van der Waals surface area contributed by atoms with Gasteiger partial charge in [-0.15, -0.1) is 0 Å². The number of benzene rings is 2. The molecule has 1 N–H and O–H groups in total. The van der Waals surface area contributed by atoms with E-state index in [1.54, 1.807) is 31.4 Å². The first-order valence-electron chi connectivity index (χ1n) is 7.96. The van der Waals surface area contributed by atoms with Crippen molar-refractivity contribution in [3.63, 3.8) is 0 Å². The molecule has 0 unspecified atom stereocenters. The van der Waals surface area contributed by atoms with Crippen molar-refractivity contribution in [2.75, 3.05) is 7.11 Å². The molecule has 2 aromatic carbocycles. The Morgan fingerprint density at radius 2 is 1.54 bits per heavy atom. The fourth-order valence-electron chi connectivity index (χ4n) is 2.59. The molecular weight excluding hydrogens is 335 g/mol. The third-order valence-corrected chi connectivity index (χ3v) is 3.99. The molecule has 1 heterocycles. The van der Waals surface area contributed by atoms with Crippen LogP contribution in [0.3, 0.4) is 0 Å². The molecule has 0 fully saturated rings. The second-order valence-corrected chi connectivity index (χ2v) is 5.68. The van der Waals surface area contributed by atoms with Gasteiger partial charge in [-0.25, -0.2) is 4.39 Å². The predicted molar refractivity (Wildman–Crippen MR) is 94.1 cm³/mol. The van der Waals surface area contributed by atoms with Gasteiger partial charge in [0.05, 0.1) is 18.7 Å². The van der Waals surface area contributed by atoms with Gasteiger partial charge in [-0.2, -0.15) is 4.73 Å². The molecule has 3 rings (SSSR count). The molecule has 0 saturated carbocycles. The molecule has 1 amide bonds. The van der Waals surface area contributed by atoms with Crippen LogP contribution in [0.1, 0.15) is 27.5 Å². The number of amides is 1. The highest BCUT2D eigenvalue weighted by atomic mass is 19.1. The molecule has 0 saturated heterocycles. The smallest absolute Gasteiger partial charge is 0.252 e. The van der Waals surface area contributed by atoms with Gasteiger partial charge in [-0.1, -0.05) is 24.3 Å². The van der Waals surface area contributed by atoms with Gasteiger partial charge in [0.15, 0.2) is 12.4 Å². The van der Waals surface area contributed by atoms with Crippen LogP contribution in [0.5, 0.6) is 5.75 Å². The summed E-state index contributed by atoms with van der Waals surface area (Å²) in [5, 5.41) is 14.1. The number of carbonyl (C=O) groups is 1. The number of nitrogens with one attached hydrogen (secondary N) is 1.